The van der Waals surface area contributed by atoms with Crippen LogP contribution in [0.25, 0.3) is 6.08 Å². The Morgan fingerprint density at radius 1 is 1.29 bits per heavy atom. The van der Waals surface area contributed by atoms with Crippen LogP contribution in [0.4, 0.5) is 0 Å². The number of esters is 2. The lowest BCUT2D eigenvalue weighted by molar-refractivity contribution is -0.145. The Bertz CT molecular complexity index is 1100. The number of cyclic esters (lactones) is 1. The van der Waals surface area contributed by atoms with Gasteiger partial charge in [0.05, 0.1) is 17.3 Å². The number of hydrogen-bond donors (Lipinski definition) is 0. The van der Waals surface area contributed by atoms with Crippen LogP contribution in [0, 0.1) is 10.5 Å². The highest BCUT2D eigenvalue weighted by atomic mass is 127. The zero-order chi connectivity index (χ0) is 22.5. The molecule has 3 rings (SSSR count). The van der Waals surface area contributed by atoms with Crippen LogP contribution in [0.2, 0.25) is 0 Å². The second-order valence-electron chi connectivity index (χ2n) is 6.43. The first-order chi connectivity index (χ1) is 14.8. The minimum atomic E-state index is -0.535. The SMILES string of the molecule is CCOC(=O)COc1c(I)cc(/C=C2\N=C(c3ccc(Br)c(C)c3)OC2=O)cc1OC. The van der Waals surface area contributed by atoms with E-state index in [0.29, 0.717) is 26.2 Å². The van der Waals surface area contributed by atoms with Gasteiger partial charge >= 0.3 is 11.9 Å². The topological polar surface area (TPSA) is 83.4 Å². The van der Waals surface area contributed by atoms with Gasteiger partial charge in [-0.05, 0) is 84.0 Å². The number of carbonyl (C=O) groups is 2. The maximum absolute atomic E-state index is 12.3. The third kappa shape index (κ3) is 5.65. The monoisotopic (exact) mass is 599 g/mol. The normalized spacial score (nSPS) is 14.3. The van der Waals surface area contributed by atoms with E-state index in [-0.39, 0.29) is 24.8 Å². The number of hydrogen-bond acceptors (Lipinski definition) is 7. The summed E-state index contributed by atoms with van der Waals surface area (Å²) in [4.78, 5) is 28.3. The zero-order valence-electron chi connectivity index (χ0n) is 17.0. The van der Waals surface area contributed by atoms with Crippen LogP contribution in [-0.4, -0.2) is 38.2 Å². The fourth-order valence-corrected chi connectivity index (χ4v) is 3.79. The molecule has 0 amide bonds. The smallest absolute Gasteiger partial charge is 0.363 e. The van der Waals surface area contributed by atoms with Crippen molar-refractivity contribution in [2.45, 2.75) is 13.8 Å². The van der Waals surface area contributed by atoms with Crippen LogP contribution in [-0.2, 0) is 19.1 Å². The molecule has 0 aromatic heterocycles. The van der Waals surface area contributed by atoms with E-state index in [9.17, 15) is 9.59 Å². The van der Waals surface area contributed by atoms with Crippen LogP contribution in [0.15, 0.2) is 45.5 Å². The van der Waals surface area contributed by atoms with Gasteiger partial charge in [0.1, 0.15) is 0 Å². The predicted octanol–water partition coefficient (Wildman–Crippen LogP) is 4.66. The second-order valence-corrected chi connectivity index (χ2v) is 8.44. The van der Waals surface area contributed by atoms with Crippen molar-refractivity contribution >= 4 is 62.4 Å². The molecule has 0 fully saturated rings. The predicted molar refractivity (Wildman–Crippen MR) is 127 cm³/mol. The van der Waals surface area contributed by atoms with Gasteiger partial charge in [-0.3, -0.25) is 0 Å². The number of rotatable bonds is 7. The highest BCUT2D eigenvalue weighted by Crippen LogP contribution is 2.35. The van der Waals surface area contributed by atoms with Crippen LogP contribution >= 0.6 is 38.5 Å². The fraction of sp³-hybridized carbons (Fsp3) is 0.227. The molecule has 7 nitrogen and oxygen atoms in total. The number of aliphatic imine (C=N–C) groups is 1. The van der Waals surface area contributed by atoms with Crippen molar-refractivity contribution in [1.29, 1.82) is 0 Å². The number of halogens is 2. The maximum Gasteiger partial charge on any atom is 0.363 e. The first-order valence-electron chi connectivity index (χ1n) is 9.27. The molecule has 0 radical (unpaired) electrons. The van der Waals surface area contributed by atoms with Gasteiger partial charge in [-0.25, -0.2) is 14.6 Å². The molecule has 0 spiro atoms. The molecular weight excluding hydrogens is 581 g/mol. The summed E-state index contributed by atoms with van der Waals surface area (Å²) in [6, 6.07) is 9.08. The highest BCUT2D eigenvalue weighted by Gasteiger charge is 2.25. The molecule has 0 saturated carbocycles. The largest absolute Gasteiger partial charge is 0.493 e. The lowest BCUT2D eigenvalue weighted by Gasteiger charge is -2.13. The van der Waals surface area contributed by atoms with Crippen molar-refractivity contribution in [1.82, 2.24) is 0 Å². The van der Waals surface area contributed by atoms with Gasteiger partial charge in [0.15, 0.2) is 23.8 Å². The molecule has 31 heavy (non-hydrogen) atoms. The van der Waals surface area contributed by atoms with E-state index in [1.807, 2.05) is 25.1 Å². The molecule has 0 N–H and O–H groups in total. The highest BCUT2D eigenvalue weighted by molar-refractivity contribution is 14.1. The summed E-state index contributed by atoms with van der Waals surface area (Å²) in [7, 11) is 1.50. The standard InChI is InChI=1S/C22H19BrINO6/c1-4-29-19(26)11-30-20-16(24)8-13(10-18(20)28-3)9-17-22(27)31-21(25-17)14-5-6-15(23)12(2)7-14/h5-10H,4,11H2,1-3H3/b17-9-. The Kier molecular flexibility index (Phi) is 7.71. The minimum Gasteiger partial charge on any atom is -0.493 e. The number of benzene rings is 2. The molecule has 0 aliphatic carbocycles. The second kappa shape index (κ2) is 10.3. The number of aryl methyl sites for hydroxylation is 1. The average Bonchev–Trinajstić information content (AvgIpc) is 3.09. The lowest BCUT2D eigenvalue weighted by atomic mass is 10.1. The summed E-state index contributed by atoms with van der Waals surface area (Å²) >= 11 is 5.52. The summed E-state index contributed by atoms with van der Waals surface area (Å²) < 4.78 is 22.8. The lowest BCUT2D eigenvalue weighted by Crippen LogP contribution is -2.15. The van der Waals surface area contributed by atoms with E-state index in [4.69, 9.17) is 18.9 Å². The van der Waals surface area contributed by atoms with Crippen molar-refractivity contribution in [2.75, 3.05) is 20.3 Å². The molecule has 1 aliphatic heterocycles. The summed E-state index contributed by atoms with van der Waals surface area (Å²) in [5.41, 5.74) is 2.57. The first-order valence-corrected chi connectivity index (χ1v) is 11.1. The summed E-state index contributed by atoms with van der Waals surface area (Å²) in [5, 5.41) is 0. The van der Waals surface area contributed by atoms with Crippen molar-refractivity contribution in [3.8, 4) is 11.5 Å². The van der Waals surface area contributed by atoms with Gasteiger partial charge in [-0.2, -0.15) is 0 Å². The molecule has 0 unspecified atom stereocenters. The molecule has 1 heterocycles. The van der Waals surface area contributed by atoms with E-state index in [1.54, 1.807) is 25.1 Å². The van der Waals surface area contributed by atoms with Crippen molar-refractivity contribution in [3.05, 3.63) is 60.8 Å². The van der Waals surface area contributed by atoms with Crippen LogP contribution < -0.4 is 9.47 Å². The first kappa shape index (κ1) is 23.3. The van der Waals surface area contributed by atoms with Crippen LogP contribution in [0.1, 0.15) is 23.6 Å². The van der Waals surface area contributed by atoms with Gasteiger partial charge in [0.2, 0.25) is 5.90 Å². The summed E-state index contributed by atoms with van der Waals surface area (Å²) in [5.74, 6) is 0.0874. The average molecular weight is 600 g/mol. The number of ether oxygens (including phenoxy) is 4. The van der Waals surface area contributed by atoms with Gasteiger partial charge in [-0.15, -0.1) is 0 Å². The molecule has 2 aromatic carbocycles. The van der Waals surface area contributed by atoms with E-state index >= 15 is 0 Å². The van der Waals surface area contributed by atoms with E-state index < -0.39 is 11.9 Å². The third-order valence-electron chi connectivity index (χ3n) is 4.22. The van der Waals surface area contributed by atoms with Crippen molar-refractivity contribution < 1.29 is 28.5 Å². The zero-order valence-corrected chi connectivity index (χ0v) is 20.8. The van der Waals surface area contributed by atoms with Gasteiger partial charge in [-0.1, -0.05) is 15.9 Å². The molecule has 0 atom stereocenters. The fourth-order valence-electron chi connectivity index (χ4n) is 2.77. The molecule has 1 aliphatic rings. The molecule has 0 saturated heterocycles. The van der Waals surface area contributed by atoms with E-state index in [2.05, 4.69) is 43.5 Å². The van der Waals surface area contributed by atoms with Crippen molar-refractivity contribution in [2.24, 2.45) is 4.99 Å². The third-order valence-corrected chi connectivity index (χ3v) is 5.91. The Labute approximate surface area is 201 Å². The number of carbonyl (C=O) groups excluding carboxylic acids is 2. The Morgan fingerprint density at radius 2 is 2.06 bits per heavy atom. The molecule has 162 valence electrons. The minimum absolute atomic E-state index is 0.175. The maximum atomic E-state index is 12.3. The molecule has 9 heteroatoms. The van der Waals surface area contributed by atoms with Gasteiger partial charge < -0.3 is 18.9 Å². The summed E-state index contributed by atoms with van der Waals surface area (Å²) in [6.07, 6.45) is 1.61. The molecule has 0 bridgehead atoms. The number of nitrogens with zero attached hydrogens (tertiary/aromatic N) is 1. The summed E-state index contributed by atoms with van der Waals surface area (Å²) in [6.45, 7) is 3.72. The van der Waals surface area contributed by atoms with E-state index in [1.165, 1.54) is 7.11 Å². The Morgan fingerprint density at radius 3 is 2.74 bits per heavy atom. The molecule has 2 aromatic rings. The van der Waals surface area contributed by atoms with Gasteiger partial charge in [0, 0.05) is 10.0 Å². The van der Waals surface area contributed by atoms with Crippen LogP contribution in [0.5, 0.6) is 11.5 Å². The van der Waals surface area contributed by atoms with Crippen molar-refractivity contribution in [3.63, 3.8) is 0 Å². The Balaban J connectivity index is 1.87. The van der Waals surface area contributed by atoms with Gasteiger partial charge in [0.25, 0.3) is 0 Å². The Hall–Kier alpha value is -2.40. The number of methoxy groups -OCH3 is 1. The quantitative estimate of drug-likeness (QED) is 0.262. The van der Waals surface area contributed by atoms with Crippen LogP contribution in [0.3, 0.4) is 0 Å². The van der Waals surface area contributed by atoms with E-state index in [0.717, 1.165) is 10.0 Å². The molecular formula is C22H19BrINO6.